The molecule has 33 heavy (non-hydrogen) atoms. The van der Waals surface area contributed by atoms with Crippen molar-refractivity contribution in [3.05, 3.63) is 82.9 Å². The van der Waals surface area contributed by atoms with Crippen molar-refractivity contribution in [3.63, 3.8) is 0 Å². The van der Waals surface area contributed by atoms with Gasteiger partial charge in [0.05, 0.1) is 24.5 Å². The van der Waals surface area contributed by atoms with Gasteiger partial charge in [-0.05, 0) is 61.0 Å². The fraction of sp³-hybridized carbons (Fsp3) is 0.200. The fourth-order valence-electron chi connectivity index (χ4n) is 4.39. The lowest BCUT2D eigenvalue weighted by Gasteiger charge is -2.29. The summed E-state index contributed by atoms with van der Waals surface area (Å²) in [4.78, 5) is 34.3. The number of phenols is 1. The molecule has 0 spiro atoms. The molecule has 0 aromatic heterocycles. The summed E-state index contributed by atoms with van der Waals surface area (Å²) in [6.45, 7) is 1.94. The number of nitrogens with zero attached hydrogens (tertiary/aromatic N) is 2. The first-order valence-electron chi connectivity index (χ1n) is 10.4. The first-order chi connectivity index (χ1) is 15.9. The van der Waals surface area contributed by atoms with E-state index in [0.717, 1.165) is 5.56 Å². The number of halogens is 1. The van der Waals surface area contributed by atoms with Gasteiger partial charge < -0.3 is 9.84 Å². The number of aryl methyl sites for hydroxylation is 1. The summed E-state index contributed by atoms with van der Waals surface area (Å²) >= 11 is 6.05. The highest BCUT2D eigenvalue weighted by Crippen LogP contribution is 2.48. The van der Waals surface area contributed by atoms with Gasteiger partial charge >= 0.3 is 0 Å². The maximum atomic E-state index is 13.6. The minimum atomic E-state index is -0.987. The van der Waals surface area contributed by atoms with Crippen LogP contribution in [-0.4, -0.2) is 30.1 Å². The average Bonchev–Trinajstić information content (AvgIpc) is 3.32. The van der Waals surface area contributed by atoms with Crippen LogP contribution in [0.1, 0.15) is 17.2 Å². The Hall–Kier alpha value is -3.55. The third-order valence-corrected chi connectivity index (χ3v) is 6.29. The third-order valence-electron chi connectivity index (χ3n) is 6.03. The second-order valence-electron chi connectivity index (χ2n) is 8.08. The molecule has 1 N–H and O–H groups in total. The predicted octanol–water partition coefficient (Wildman–Crippen LogP) is 4.41. The molecule has 0 radical (unpaired) electrons. The van der Waals surface area contributed by atoms with Gasteiger partial charge in [0.2, 0.25) is 5.91 Å². The van der Waals surface area contributed by atoms with Crippen molar-refractivity contribution in [2.75, 3.05) is 17.1 Å². The molecule has 5 rings (SSSR count). The highest BCUT2D eigenvalue weighted by molar-refractivity contribution is 6.30. The number of hydrogen-bond donors (Lipinski definition) is 1. The maximum absolute atomic E-state index is 13.6. The number of phenolic OH excluding ortho intramolecular Hbond substituents is 1. The van der Waals surface area contributed by atoms with E-state index in [1.54, 1.807) is 53.6 Å². The second-order valence-corrected chi connectivity index (χ2v) is 8.51. The number of carbonyl (C=O) groups is 2. The van der Waals surface area contributed by atoms with Gasteiger partial charge in [0, 0.05) is 5.02 Å². The number of hydrogen-bond acceptors (Lipinski definition) is 6. The summed E-state index contributed by atoms with van der Waals surface area (Å²) in [6.07, 6.45) is -0.987. The Kier molecular flexibility index (Phi) is 5.23. The molecule has 0 saturated carbocycles. The van der Waals surface area contributed by atoms with E-state index in [2.05, 4.69) is 0 Å². The van der Waals surface area contributed by atoms with Crippen molar-refractivity contribution in [3.8, 4) is 11.5 Å². The summed E-state index contributed by atoms with van der Waals surface area (Å²) in [5, 5.41) is 12.2. The van der Waals surface area contributed by atoms with Crippen molar-refractivity contribution in [1.29, 1.82) is 0 Å². The van der Waals surface area contributed by atoms with Crippen LogP contribution in [-0.2, 0) is 14.4 Å². The number of aromatic hydroxyl groups is 1. The maximum Gasteiger partial charge on any atom is 0.266 e. The molecule has 2 fully saturated rings. The zero-order chi connectivity index (χ0) is 23.3. The SMILES string of the molecule is COc1cc(C2C3C(=O)N(c4ccc(C)cc4)C(=O)C3ON2c2ccc(Cl)cc2)ccc1O. The molecule has 2 saturated heterocycles. The first kappa shape index (κ1) is 21.3. The quantitative estimate of drug-likeness (QED) is 0.576. The number of amides is 2. The Morgan fingerprint density at radius 3 is 2.27 bits per heavy atom. The lowest BCUT2D eigenvalue weighted by Crippen LogP contribution is -2.37. The highest BCUT2D eigenvalue weighted by Gasteiger charge is 2.60. The Bertz CT molecular complexity index is 1230. The van der Waals surface area contributed by atoms with E-state index in [-0.39, 0.29) is 17.4 Å². The summed E-state index contributed by atoms with van der Waals surface area (Å²) in [5.74, 6) is -1.31. The molecule has 8 heteroatoms. The van der Waals surface area contributed by atoms with Crippen LogP contribution in [0.15, 0.2) is 66.7 Å². The number of carbonyl (C=O) groups excluding carboxylic acids is 2. The summed E-state index contributed by atoms with van der Waals surface area (Å²) < 4.78 is 5.27. The molecule has 7 nitrogen and oxygen atoms in total. The average molecular weight is 465 g/mol. The van der Waals surface area contributed by atoms with Crippen molar-refractivity contribution in [2.45, 2.75) is 19.1 Å². The normalized spacial score (nSPS) is 22.1. The Labute approximate surface area is 195 Å². The van der Waals surface area contributed by atoms with Crippen LogP contribution in [0.4, 0.5) is 11.4 Å². The van der Waals surface area contributed by atoms with E-state index in [1.165, 1.54) is 18.1 Å². The van der Waals surface area contributed by atoms with Crippen LogP contribution in [0.2, 0.25) is 5.02 Å². The van der Waals surface area contributed by atoms with E-state index in [9.17, 15) is 14.7 Å². The largest absolute Gasteiger partial charge is 0.504 e. The number of benzene rings is 3. The van der Waals surface area contributed by atoms with Crippen molar-refractivity contribution >= 4 is 34.8 Å². The van der Waals surface area contributed by atoms with Gasteiger partial charge in [-0.25, -0.2) is 9.96 Å². The molecule has 2 heterocycles. The molecule has 3 atom stereocenters. The highest BCUT2D eigenvalue weighted by atomic mass is 35.5. The number of rotatable bonds is 4. The molecule has 3 aromatic rings. The Morgan fingerprint density at radius 1 is 0.939 bits per heavy atom. The molecule has 0 bridgehead atoms. The monoisotopic (exact) mass is 464 g/mol. The number of imide groups is 1. The van der Waals surface area contributed by atoms with Crippen molar-refractivity contribution < 1.29 is 24.3 Å². The number of fused-ring (bicyclic) bond motifs is 1. The number of hydroxylamine groups is 1. The van der Waals surface area contributed by atoms with E-state index in [4.69, 9.17) is 21.2 Å². The van der Waals surface area contributed by atoms with Gasteiger partial charge in [-0.3, -0.25) is 14.4 Å². The minimum Gasteiger partial charge on any atom is -0.504 e. The predicted molar refractivity (Wildman–Crippen MR) is 123 cm³/mol. The van der Waals surface area contributed by atoms with Crippen molar-refractivity contribution in [2.24, 2.45) is 5.92 Å². The second kappa shape index (κ2) is 8.10. The zero-order valence-electron chi connectivity index (χ0n) is 17.9. The minimum absolute atomic E-state index is 0.0233. The summed E-state index contributed by atoms with van der Waals surface area (Å²) in [5.41, 5.74) is 2.85. The standard InChI is InChI=1S/C25H21ClN2O5/c1-14-3-8-17(9-4-14)27-24(30)21-22(15-5-12-19(29)20(13-15)32-2)28(33-23(21)25(27)31)18-10-6-16(26)7-11-18/h3-13,21-23,29H,1-2H3. The van der Waals surface area contributed by atoms with Crippen LogP contribution in [0.25, 0.3) is 0 Å². The van der Waals surface area contributed by atoms with Gasteiger partial charge in [0.1, 0.15) is 5.92 Å². The van der Waals surface area contributed by atoms with Crippen LogP contribution >= 0.6 is 11.6 Å². The van der Waals surface area contributed by atoms with E-state index >= 15 is 0 Å². The first-order valence-corrected chi connectivity index (χ1v) is 10.8. The lowest BCUT2D eigenvalue weighted by atomic mass is 9.90. The van der Waals surface area contributed by atoms with Crippen LogP contribution in [0, 0.1) is 12.8 Å². The van der Waals surface area contributed by atoms with E-state index in [1.807, 2.05) is 19.1 Å². The number of methoxy groups -OCH3 is 1. The van der Waals surface area contributed by atoms with Crippen LogP contribution in [0.3, 0.4) is 0 Å². The van der Waals surface area contributed by atoms with Gasteiger partial charge in [-0.1, -0.05) is 35.4 Å². The molecule has 168 valence electrons. The fourth-order valence-corrected chi connectivity index (χ4v) is 4.52. The summed E-state index contributed by atoms with van der Waals surface area (Å²) in [7, 11) is 1.45. The molecule has 3 aromatic carbocycles. The molecule has 2 amide bonds. The van der Waals surface area contributed by atoms with E-state index in [0.29, 0.717) is 22.0 Å². The Morgan fingerprint density at radius 2 is 1.61 bits per heavy atom. The molecular weight excluding hydrogens is 444 g/mol. The summed E-state index contributed by atoms with van der Waals surface area (Å²) in [6, 6.07) is 18.4. The van der Waals surface area contributed by atoms with Gasteiger partial charge in [0.15, 0.2) is 17.6 Å². The molecule has 2 aliphatic rings. The number of ether oxygens (including phenoxy) is 1. The molecular formula is C25H21ClN2O5. The third kappa shape index (κ3) is 3.50. The molecule has 3 unspecified atom stereocenters. The lowest BCUT2D eigenvalue weighted by molar-refractivity contribution is -0.126. The number of anilines is 2. The topological polar surface area (TPSA) is 79.3 Å². The van der Waals surface area contributed by atoms with E-state index < -0.39 is 24.0 Å². The smallest absolute Gasteiger partial charge is 0.266 e. The Balaban J connectivity index is 1.60. The van der Waals surface area contributed by atoms with Gasteiger partial charge in [-0.15, -0.1) is 0 Å². The molecule has 2 aliphatic heterocycles. The zero-order valence-corrected chi connectivity index (χ0v) is 18.7. The van der Waals surface area contributed by atoms with Crippen LogP contribution < -0.4 is 14.7 Å². The van der Waals surface area contributed by atoms with Crippen LogP contribution in [0.5, 0.6) is 11.5 Å². The van der Waals surface area contributed by atoms with Gasteiger partial charge in [0.25, 0.3) is 5.91 Å². The molecule has 0 aliphatic carbocycles. The van der Waals surface area contributed by atoms with Crippen molar-refractivity contribution in [1.82, 2.24) is 0 Å². The van der Waals surface area contributed by atoms with Gasteiger partial charge in [-0.2, -0.15) is 0 Å².